The minimum absolute atomic E-state index is 0.120. The van der Waals surface area contributed by atoms with Crippen LogP contribution in [0.1, 0.15) is 39.4 Å². The van der Waals surface area contributed by atoms with Gasteiger partial charge in [-0.2, -0.15) is 0 Å². The molecule has 1 aromatic heterocycles. The van der Waals surface area contributed by atoms with Crippen molar-refractivity contribution in [3.63, 3.8) is 0 Å². The zero-order valence-electron chi connectivity index (χ0n) is 11.4. The Bertz CT molecular complexity index is 491. The molecule has 2 rings (SSSR count). The molecule has 2 heteroatoms. The summed E-state index contributed by atoms with van der Waals surface area (Å²) in [4.78, 5) is 2.67. The SMILES string of the molecule is CCc1ccc(CC(N)c2cc(C)c(C)s2)cc1. The van der Waals surface area contributed by atoms with Crippen molar-refractivity contribution in [3.05, 3.63) is 56.8 Å². The number of hydrogen-bond donors (Lipinski definition) is 1. The second-order valence-electron chi connectivity index (χ2n) is 4.87. The van der Waals surface area contributed by atoms with Gasteiger partial charge in [0.25, 0.3) is 0 Å². The van der Waals surface area contributed by atoms with Gasteiger partial charge in [-0.1, -0.05) is 31.2 Å². The van der Waals surface area contributed by atoms with Crippen LogP contribution in [-0.4, -0.2) is 0 Å². The van der Waals surface area contributed by atoms with Crippen LogP contribution in [0.5, 0.6) is 0 Å². The van der Waals surface area contributed by atoms with Gasteiger partial charge in [-0.25, -0.2) is 0 Å². The average Bonchev–Trinajstić information content (AvgIpc) is 2.71. The molecular weight excluding hydrogens is 238 g/mol. The molecule has 1 nitrogen and oxygen atoms in total. The van der Waals surface area contributed by atoms with Gasteiger partial charge < -0.3 is 5.73 Å². The van der Waals surface area contributed by atoms with E-state index in [0.29, 0.717) is 0 Å². The van der Waals surface area contributed by atoms with Crippen molar-refractivity contribution >= 4 is 11.3 Å². The minimum atomic E-state index is 0.120. The van der Waals surface area contributed by atoms with E-state index in [1.807, 2.05) is 11.3 Å². The summed E-state index contributed by atoms with van der Waals surface area (Å²) < 4.78 is 0. The summed E-state index contributed by atoms with van der Waals surface area (Å²) in [6.45, 7) is 6.49. The molecule has 0 bridgehead atoms. The molecule has 2 N–H and O–H groups in total. The fraction of sp³-hybridized carbons (Fsp3) is 0.375. The minimum Gasteiger partial charge on any atom is -0.323 e. The monoisotopic (exact) mass is 259 g/mol. The maximum absolute atomic E-state index is 6.29. The van der Waals surface area contributed by atoms with Crippen molar-refractivity contribution in [1.82, 2.24) is 0 Å². The second kappa shape index (κ2) is 5.68. The third-order valence-corrected chi connectivity index (χ3v) is 4.72. The number of hydrogen-bond acceptors (Lipinski definition) is 2. The van der Waals surface area contributed by atoms with Gasteiger partial charge >= 0.3 is 0 Å². The molecule has 1 unspecified atom stereocenters. The Morgan fingerprint density at radius 1 is 1.11 bits per heavy atom. The quantitative estimate of drug-likeness (QED) is 0.876. The van der Waals surface area contributed by atoms with Gasteiger partial charge in [-0.05, 0) is 49.4 Å². The highest BCUT2D eigenvalue weighted by Gasteiger charge is 2.11. The molecule has 18 heavy (non-hydrogen) atoms. The molecule has 0 amide bonds. The van der Waals surface area contributed by atoms with Crippen LogP contribution in [0, 0.1) is 13.8 Å². The van der Waals surface area contributed by atoms with Gasteiger partial charge in [0.05, 0.1) is 0 Å². The second-order valence-corrected chi connectivity index (χ2v) is 6.16. The summed E-state index contributed by atoms with van der Waals surface area (Å²) in [5.41, 5.74) is 10.4. The third kappa shape index (κ3) is 3.01. The molecule has 0 aliphatic rings. The first-order valence-corrected chi connectivity index (χ1v) is 7.32. The fourth-order valence-electron chi connectivity index (χ4n) is 2.05. The number of thiophene rings is 1. The molecule has 0 aliphatic carbocycles. The number of rotatable bonds is 4. The van der Waals surface area contributed by atoms with E-state index < -0.39 is 0 Å². The highest BCUT2D eigenvalue weighted by atomic mass is 32.1. The molecule has 0 spiro atoms. The number of nitrogens with two attached hydrogens (primary N) is 1. The van der Waals surface area contributed by atoms with Crippen molar-refractivity contribution in [3.8, 4) is 0 Å². The standard InChI is InChI=1S/C16H21NS/c1-4-13-5-7-14(8-6-13)10-15(17)16-9-11(2)12(3)18-16/h5-9,15H,4,10,17H2,1-3H3. The zero-order valence-corrected chi connectivity index (χ0v) is 12.2. The van der Waals surface area contributed by atoms with Gasteiger partial charge in [0, 0.05) is 15.8 Å². The fourth-order valence-corrected chi connectivity index (χ4v) is 3.09. The van der Waals surface area contributed by atoms with Crippen molar-refractivity contribution in [2.24, 2.45) is 5.73 Å². The highest BCUT2D eigenvalue weighted by molar-refractivity contribution is 7.12. The summed E-state index contributed by atoms with van der Waals surface area (Å²) in [5.74, 6) is 0. The van der Waals surface area contributed by atoms with E-state index in [1.54, 1.807) is 0 Å². The lowest BCUT2D eigenvalue weighted by Crippen LogP contribution is -2.11. The van der Waals surface area contributed by atoms with Gasteiger partial charge in [-0.15, -0.1) is 11.3 Å². The van der Waals surface area contributed by atoms with Crippen LogP contribution in [-0.2, 0) is 12.8 Å². The van der Waals surface area contributed by atoms with Crippen LogP contribution in [0.15, 0.2) is 30.3 Å². The van der Waals surface area contributed by atoms with Crippen LogP contribution in [0.25, 0.3) is 0 Å². The molecule has 0 saturated carbocycles. The van der Waals surface area contributed by atoms with Gasteiger partial charge in [-0.3, -0.25) is 0 Å². The molecule has 96 valence electrons. The van der Waals surface area contributed by atoms with Crippen molar-refractivity contribution < 1.29 is 0 Å². The summed E-state index contributed by atoms with van der Waals surface area (Å²) in [6, 6.07) is 11.2. The van der Waals surface area contributed by atoms with E-state index in [2.05, 4.69) is 51.1 Å². The first kappa shape index (κ1) is 13.3. The van der Waals surface area contributed by atoms with E-state index >= 15 is 0 Å². The number of benzene rings is 1. The molecule has 1 aromatic carbocycles. The Balaban J connectivity index is 2.08. The Labute approximate surface area is 114 Å². The van der Waals surface area contributed by atoms with E-state index in [4.69, 9.17) is 5.73 Å². The summed E-state index contributed by atoms with van der Waals surface area (Å²) >= 11 is 1.82. The zero-order chi connectivity index (χ0) is 13.1. The van der Waals surface area contributed by atoms with E-state index in [-0.39, 0.29) is 6.04 Å². The normalized spacial score (nSPS) is 12.7. The largest absolute Gasteiger partial charge is 0.323 e. The van der Waals surface area contributed by atoms with Gasteiger partial charge in [0.1, 0.15) is 0 Å². The van der Waals surface area contributed by atoms with Crippen LogP contribution < -0.4 is 5.73 Å². The predicted molar refractivity (Wildman–Crippen MR) is 80.2 cm³/mol. The molecule has 0 radical (unpaired) electrons. The molecular formula is C16H21NS. The lowest BCUT2D eigenvalue weighted by atomic mass is 10.0. The van der Waals surface area contributed by atoms with E-state index in [1.165, 1.54) is 26.4 Å². The van der Waals surface area contributed by atoms with Crippen LogP contribution >= 0.6 is 11.3 Å². The van der Waals surface area contributed by atoms with Crippen LogP contribution in [0.4, 0.5) is 0 Å². The van der Waals surface area contributed by atoms with Crippen LogP contribution in [0.2, 0.25) is 0 Å². The first-order valence-electron chi connectivity index (χ1n) is 6.50. The summed E-state index contributed by atoms with van der Waals surface area (Å²) in [5, 5.41) is 0. The Kier molecular flexibility index (Phi) is 4.20. The molecule has 1 atom stereocenters. The van der Waals surface area contributed by atoms with Gasteiger partial charge in [0.15, 0.2) is 0 Å². The van der Waals surface area contributed by atoms with Gasteiger partial charge in [0.2, 0.25) is 0 Å². The lowest BCUT2D eigenvalue weighted by molar-refractivity contribution is 0.736. The molecule has 0 aliphatic heterocycles. The smallest absolute Gasteiger partial charge is 0.0430 e. The topological polar surface area (TPSA) is 26.0 Å². The predicted octanol–water partition coefficient (Wildman–Crippen LogP) is 4.17. The summed E-state index contributed by atoms with van der Waals surface area (Å²) in [6.07, 6.45) is 2.01. The first-order chi connectivity index (χ1) is 8.60. The van der Waals surface area contributed by atoms with Crippen molar-refractivity contribution in [2.45, 2.75) is 39.7 Å². The van der Waals surface area contributed by atoms with Crippen molar-refractivity contribution in [1.29, 1.82) is 0 Å². The van der Waals surface area contributed by atoms with Crippen molar-refractivity contribution in [2.75, 3.05) is 0 Å². The molecule has 0 saturated heterocycles. The molecule has 2 aromatic rings. The summed E-state index contributed by atoms with van der Waals surface area (Å²) in [7, 11) is 0. The highest BCUT2D eigenvalue weighted by Crippen LogP contribution is 2.27. The number of aryl methyl sites for hydroxylation is 3. The van der Waals surface area contributed by atoms with Crippen LogP contribution in [0.3, 0.4) is 0 Å². The maximum Gasteiger partial charge on any atom is 0.0430 e. The Hall–Kier alpha value is -1.12. The van der Waals surface area contributed by atoms with E-state index in [0.717, 1.165) is 12.8 Å². The third-order valence-electron chi connectivity index (χ3n) is 3.44. The van der Waals surface area contributed by atoms with E-state index in [9.17, 15) is 0 Å². The Morgan fingerprint density at radius 2 is 1.72 bits per heavy atom. The lowest BCUT2D eigenvalue weighted by Gasteiger charge is -2.10. The molecule has 0 fully saturated rings. The maximum atomic E-state index is 6.29. The average molecular weight is 259 g/mol. The molecule has 1 heterocycles. The Morgan fingerprint density at radius 3 is 2.22 bits per heavy atom.